The van der Waals surface area contributed by atoms with Crippen LogP contribution in [-0.2, 0) is 14.8 Å². The smallest absolute Gasteiger partial charge is 0.236 e. The van der Waals surface area contributed by atoms with Gasteiger partial charge in [0.05, 0.1) is 10.2 Å². The zero-order valence-electron chi connectivity index (χ0n) is 16.0. The molecule has 1 aliphatic heterocycles. The summed E-state index contributed by atoms with van der Waals surface area (Å²) < 4.78 is 40.5. The molecule has 2 heterocycles. The van der Waals surface area contributed by atoms with Crippen molar-refractivity contribution in [2.75, 3.05) is 18.4 Å². The highest BCUT2D eigenvalue weighted by molar-refractivity contribution is 7.92. The van der Waals surface area contributed by atoms with Crippen molar-refractivity contribution in [2.24, 2.45) is 5.92 Å². The maximum atomic E-state index is 13.3. The summed E-state index contributed by atoms with van der Waals surface area (Å²) in [5.41, 5.74) is 1.44. The standard InChI is InChI=1S/C21H20FN3O3S2/c22-17-6-7-18-19(14-17)29-21(23-18)24-20(26)16-8-11-25(12-9-16)30(27,28)13-10-15-4-2-1-3-5-15/h1-7,10,13-14,16H,8-9,11-12H2,(H,23,24,26). The minimum atomic E-state index is -3.54. The van der Waals surface area contributed by atoms with Crippen LogP contribution in [0.5, 0.6) is 0 Å². The predicted octanol–water partition coefficient (Wildman–Crippen LogP) is 4.09. The van der Waals surface area contributed by atoms with Crippen molar-refractivity contribution in [3.8, 4) is 0 Å². The van der Waals surface area contributed by atoms with Crippen molar-refractivity contribution in [1.82, 2.24) is 9.29 Å². The van der Waals surface area contributed by atoms with Crippen LogP contribution in [0, 0.1) is 11.7 Å². The molecule has 1 amide bonds. The van der Waals surface area contributed by atoms with Crippen LogP contribution >= 0.6 is 11.3 Å². The monoisotopic (exact) mass is 445 g/mol. The molecule has 3 aromatic rings. The Kier molecular flexibility index (Phi) is 5.94. The Bertz CT molecular complexity index is 1180. The van der Waals surface area contributed by atoms with Gasteiger partial charge in [0.1, 0.15) is 5.82 Å². The molecule has 1 N–H and O–H groups in total. The van der Waals surface area contributed by atoms with Gasteiger partial charge in [0.2, 0.25) is 15.9 Å². The number of halogens is 1. The van der Waals surface area contributed by atoms with Crippen molar-refractivity contribution in [1.29, 1.82) is 0 Å². The number of fused-ring (bicyclic) bond motifs is 1. The number of benzene rings is 2. The molecule has 1 saturated heterocycles. The highest BCUT2D eigenvalue weighted by Crippen LogP contribution is 2.28. The van der Waals surface area contributed by atoms with E-state index < -0.39 is 10.0 Å². The van der Waals surface area contributed by atoms with Gasteiger partial charge in [-0.25, -0.2) is 17.8 Å². The van der Waals surface area contributed by atoms with Gasteiger partial charge in [-0.1, -0.05) is 41.7 Å². The maximum Gasteiger partial charge on any atom is 0.236 e. The Hall–Kier alpha value is -2.62. The van der Waals surface area contributed by atoms with Gasteiger partial charge < -0.3 is 5.32 Å². The fraction of sp³-hybridized carbons (Fsp3) is 0.238. The van der Waals surface area contributed by atoms with Crippen LogP contribution in [-0.4, -0.2) is 36.7 Å². The van der Waals surface area contributed by atoms with Gasteiger partial charge >= 0.3 is 0 Å². The summed E-state index contributed by atoms with van der Waals surface area (Å²) in [6, 6.07) is 13.5. The van der Waals surface area contributed by atoms with E-state index in [9.17, 15) is 17.6 Å². The lowest BCUT2D eigenvalue weighted by atomic mass is 9.97. The van der Waals surface area contributed by atoms with Crippen LogP contribution in [0.15, 0.2) is 53.9 Å². The van der Waals surface area contributed by atoms with Crippen LogP contribution in [0.2, 0.25) is 0 Å². The fourth-order valence-electron chi connectivity index (χ4n) is 3.35. The van der Waals surface area contributed by atoms with Crippen molar-refractivity contribution in [3.05, 3.63) is 65.3 Å². The highest BCUT2D eigenvalue weighted by Gasteiger charge is 2.30. The van der Waals surface area contributed by atoms with Gasteiger partial charge in [0, 0.05) is 24.4 Å². The van der Waals surface area contributed by atoms with E-state index in [4.69, 9.17) is 0 Å². The molecule has 1 aliphatic rings. The number of carbonyl (C=O) groups excluding carboxylic acids is 1. The molecule has 1 aromatic heterocycles. The Balaban J connectivity index is 1.35. The van der Waals surface area contributed by atoms with Crippen molar-refractivity contribution < 1.29 is 17.6 Å². The molecule has 0 atom stereocenters. The number of sulfonamides is 1. The molecule has 0 aliphatic carbocycles. The molecule has 0 bridgehead atoms. The fourth-order valence-corrected chi connectivity index (χ4v) is 5.46. The number of aromatic nitrogens is 1. The molecular formula is C21H20FN3O3S2. The average molecular weight is 446 g/mol. The van der Waals surface area contributed by atoms with Gasteiger partial charge in [-0.2, -0.15) is 4.31 Å². The first-order chi connectivity index (χ1) is 14.4. The number of hydrogen-bond acceptors (Lipinski definition) is 5. The van der Waals surface area contributed by atoms with Gasteiger partial charge in [-0.15, -0.1) is 0 Å². The van der Waals surface area contributed by atoms with Gasteiger partial charge in [-0.3, -0.25) is 4.79 Å². The van der Waals surface area contributed by atoms with E-state index in [0.717, 1.165) is 5.56 Å². The molecule has 1 fully saturated rings. The van der Waals surface area contributed by atoms with E-state index in [1.54, 1.807) is 12.1 Å². The molecular weight excluding hydrogens is 425 g/mol. The van der Waals surface area contributed by atoms with Crippen LogP contribution in [0.1, 0.15) is 18.4 Å². The van der Waals surface area contributed by atoms with Crippen LogP contribution in [0.25, 0.3) is 16.3 Å². The van der Waals surface area contributed by atoms with Crippen LogP contribution < -0.4 is 5.32 Å². The van der Waals surface area contributed by atoms with E-state index in [2.05, 4.69) is 10.3 Å². The van der Waals surface area contributed by atoms with E-state index in [-0.39, 0.29) is 30.7 Å². The molecule has 9 heteroatoms. The minimum Gasteiger partial charge on any atom is -0.302 e. The topological polar surface area (TPSA) is 79.4 Å². The molecule has 6 nitrogen and oxygen atoms in total. The summed E-state index contributed by atoms with van der Waals surface area (Å²) in [6.45, 7) is 0.565. The summed E-state index contributed by atoms with van der Waals surface area (Å²) in [7, 11) is -3.54. The lowest BCUT2D eigenvalue weighted by Crippen LogP contribution is -2.40. The SMILES string of the molecule is O=C(Nc1nc2ccc(F)cc2s1)C1CCN(S(=O)(=O)C=Cc2ccccc2)CC1. The first-order valence-corrected chi connectivity index (χ1v) is 11.8. The number of rotatable bonds is 5. The summed E-state index contributed by atoms with van der Waals surface area (Å²) in [5, 5.41) is 4.41. The zero-order chi connectivity index (χ0) is 21.1. The third kappa shape index (κ3) is 4.75. The first-order valence-electron chi connectivity index (χ1n) is 9.51. The second-order valence-corrected chi connectivity index (χ2v) is 9.90. The van der Waals surface area contributed by atoms with Gasteiger partial charge in [0.15, 0.2) is 5.13 Å². The number of nitrogens with one attached hydrogen (secondary N) is 1. The zero-order valence-corrected chi connectivity index (χ0v) is 17.6. The molecule has 0 spiro atoms. The Morgan fingerprint density at radius 3 is 2.63 bits per heavy atom. The lowest BCUT2D eigenvalue weighted by Gasteiger charge is -2.29. The largest absolute Gasteiger partial charge is 0.302 e. The number of hydrogen-bond donors (Lipinski definition) is 1. The van der Waals surface area contributed by atoms with Crippen molar-refractivity contribution >= 4 is 48.7 Å². The number of thiazole rings is 1. The van der Waals surface area contributed by atoms with E-state index in [1.165, 1.54) is 33.2 Å². The summed E-state index contributed by atoms with van der Waals surface area (Å²) in [4.78, 5) is 16.9. The van der Waals surface area contributed by atoms with E-state index in [1.807, 2.05) is 30.3 Å². The molecule has 0 radical (unpaired) electrons. The van der Waals surface area contributed by atoms with Gasteiger partial charge in [-0.05, 0) is 42.7 Å². The van der Waals surface area contributed by atoms with Crippen LogP contribution in [0.4, 0.5) is 9.52 Å². The Morgan fingerprint density at radius 1 is 1.17 bits per heavy atom. The molecule has 4 rings (SSSR count). The highest BCUT2D eigenvalue weighted by atomic mass is 32.2. The van der Waals surface area contributed by atoms with Gasteiger partial charge in [0.25, 0.3) is 0 Å². The second-order valence-electron chi connectivity index (χ2n) is 7.05. The summed E-state index contributed by atoms with van der Waals surface area (Å²) in [6.07, 6.45) is 2.44. The third-order valence-electron chi connectivity index (χ3n) is 5.00. The third-order valence-corrected chi connectivity index (χ3v) is 7.50. The predicted molar refractivity (Wildman–Crippen MR) is 117 cm³/mol. The molecule has 2 aromatic carbocycles. The normalized spacial score (nSPS) is 16.3. The lowest BCUT2D eigenvalue weighted by molar-refractivity contribution is -0.120. The van der Waals surface area contributed by atoms with Crippen molar-refractivity contribution in [3.63, 3.8) is 0 Å². The number of carbonyl (C=O) groups is 1. The second kappa shape index (κ2) is 8.63. The molecule has 30 heavy (non-hydrogen) atoms. The summed E-state index contributed by atoms with van der Waals surface area (Å²) >= 11 is 1.21. The van der Waals surface area contributed by atoms with Crippen LogP contribution in [0.3, 0.4) is 0 Å². The summed E-state index contributed by atoms with van der Waals surface area (Å²) in [5.74, 6) is -0.830. The quantitative estimate of drug-likeness (QED) is 0.642. The van der Waals surface area contributed by atoms with E-state index >= 15 is 0 Å². The number of nitrogens with zero attached hydrogens (tertiary/aromatic N) is 2. The maximum absolute atomic E-state index is 13.3. The number of amides is 1. The molecule has 0 saturated carbocycles. The van der Waals surface area contributed by atoms with Crippen molar-refractivity contribution in [2.45, 2.75) is 12.8 Å². The Morgan fingerprint density at radius 2 is 1.90 bits per heavy atom. The molecule has 0 unspecified atom stereocenters. The molecule has 156 valence electrons. The first kappa shape index (κ1) is 20.6. The Labute approximate surface area is 178 Å². The van der Waals surface area contributed by atoms with E-state index in [0.29, 0.717) is 28.2 Å². The number of piperidine rings is 1. The minimum absolute atomic E-state index is 0.189. The number of anilines is 1. The average Bonchev–Trinajstić information content (AvgIpc) is 3.14.